The highest BCUT2D eigenvalue weighted by atomic mass is 19.1. The van der Waals surface area contributed by atoms with Crippen LogP contribution in [0.4, 0.5) is 4.39 Å². The monoisotopic (exact) mass is 249 g/mol. The number of hydrogen-bond acceptors (Lipinski definition) is 2. The molecule has 1 aromatic heterocycles. The van der Waals surface area contributed by atoms with Gasteiger partial charge in [0.05, 0.1) is 5.52 Å². The molecule has 0 spiro atoms. The smallest absolute Gasteiger partial charge is 0.303 e. The van der Waals surface area contributed by atoms with E-state index >= 15 is 0 Å². The maximum absolute atomic E-state index is 13.0. The molecule has 1 aromatic carbocycles. The lowest BCUT2D eigenvalue weighted by Crippen LogP contribution is -2.09. The number of carbonyl (C=O) groups excluding carboxylic acids is 1. The van der Waals surface area contributed by atoms with Crippen molar-refractivity contribution in [1.29, 1.82) is 0 Å². The Morgan fingerprint density at radius 2 is 2.00 bits per heavy atom. The molecule has 94 valence electrons. The predicted molar refractivity (Wildman–Crippen MR) is 64.0 cm³/mol. The molecule has 0 aliphatic heterocycles. The lowest BCUT2D eigenvalue weighted by Gasteiger charge is -2.03. The molecule has 0 atom stereocenters. The molecule has 18 heavy (non-hydrogen) atoms. The van der Waals surface area contributed by atoms with E-state index in [2.05, 4.69) is 0 Å². The van der Waals surface area contributed by atoms with E-state index < -0.39 is 5.97 Å². The second-order valence-corrected chi connectivity index (χ2v) is 4.03. The SMILES string of the molecule is O=C(O)CCCC(=O)n1ccc2cc(F)ccc21. The van der Waals surface area contributed by atoms with Gasteiger partial charge in [-0.1, -0.05) is 0 Å². The number of nitrogens with zero attached hydrogens (tertiary/aromatic N) is 1. The molecule has 0 aliphatic rings. The first-order valence-corrected chi connectivity index (χ1v) is 5.59. The highest BCUT2D eigenvalue weighted by molar-refractivity contribution is 5.92. The van der Waals surface area contributed by atoms with Gasteiger partial charge in [-0.2, -0.15) is 0 Å². The lowest BCUT2D eigenvalue weighted by molar-refractivity contribution is -0.137. The van der Waals surface area contributed by atoms with E-state index in [1.165, 1.54) is 16.7 Å². The van der Waals surface area contributed by atoms with Gasteiger partial charge >= 0.3 is 5.97 Å². The third-order valence-corrected chi connectivity index (χ3v) is 2.70. The molecule has 0 saturated carbocycles. The Labute approximate surface area is 103 Å². The first kappa shape index (κ1) is 12.3. The fourth-order valence-electron chi connectivity index (χ4n) is 1.84. The molecular weight excluding hydrogens is 237 g/mol. The summed E-state index contributed by atoms with van der Waals surface area (Å²) in [5.41, 5.74) is 0.636. The zero-order chi connectivity index (χ0) is 13.1. The van der Waals surface area contributed by atoms with E-state index in [1.807, 2.05) is 0 Å². The summed E-state index contributed by atoms with van der Waals surface area (Å²) in [4.78, 5) is 22.2. The van der Waals surface area contributed by atoms with Crippen LogP contribution in [-0.2, 0) is 4.79 Å². The highest BCUT2D eigenvalue weighted by Gasteiger charge is 2.10. The van der Waals surface area contributed by atoms with Crippen molar-refractivity contribution < 1.29 is 19.1 Å². The molecule has 0 aliphatic carbocycles. The first-order valence-electron chi connectivity index (χ1n) is 5.59. The molecule has 1 heterocycles. The second kappa shape index (κ2) is 5.00. The number of carboxylic acids is 1. The topological polar surface area (TPSA) is 59.3 Å². The molecule has 0 saturated heterocycles. The van der Waals surface area contributed by atoms with Crippen LogP contribution in [0.5, 0.6) is 0 Å². The maximum atomic E-state index is 13.0. The van der Waals surface area contributed by atoms with Gasteiger partial charge < -0.3 is 5.11 Å². The molecule has 5 heteroatoms. The van der Waals surface area contributed by atoms with Crippen molar-refractivity contribution >= 4 is 22.8 Å². The molecule has 0 unspecified atom stereocenters. The Morgan fingerprint density at radius 1 is 1.22 bits per heavy atom. The number of hydrogen-bond donors (Lipinski definition) is 1. The van der Waals surface area contributed by atoms with Crippen molar-refractivity contribution in [1.82, 2.24) is 4.57 Å². The van der Waals surface area contributed by atoms with Crippen molar-refractivity contribution in [3.63, 3.8) is 0 Å². The van der Waals surface area contributed by atoms with Gasteiger partial charge in [0.1, 0.15) is 5.82 Å². The fraction of sp³-hybridized carbons (Fsp3) is 0.231. The minimum atomic E-state index is -0.915. The molecular formula is C13H12FNO3. The minimum Gasteiger partial charge on any atom is -0.481 e. The number of carboxylic acid groups (broad SMARTS) is 1. The quantitative estimate of drug-likeness (QED) is 0.906. The van der Waals surface area contributed by atoms with Crippen LogP contribution in [-0.4, -0.2) is 21.6 Å². The predicted octanol–water partition coefficient (Wildman–Crippen LogP) is 2.68. The van der Waals surface area contributed by atoms with Crippen LogP contribution in [0.1, 0.15) is 24.1 Å². The van der Waals surface area contributed by atoms with E-state index in [0.717, 1.165) is 0 Å². The number of carbonyl (C=O) groups is 2. The third kappa shape index (κ3) is 2.56. The van der Waals surface area contributed by atoms with E-state index in [4.69, 9.17) is 5.11 Å². The van der Waals surface area contributed by atoms with Gasteiger partial charge in [0.2, 0.25) is 5.91 Å². The minimum absolute atomic E-state index is 0.0282. The average Bonchev–Trinajstić information content (AvgIpc) is 2.71. The maximum Gasteiger partial charge on any atom is 0.303 e. The van der Waals surface area contributed by atoms with Gasteiger partial charge in [0.15, 0.2) is 0 Å². The number of halogens is 1. The van der Waals surface area contributed by atoms with Crippen LogP contribution >= 0.6 is 0 Å². The molecule has 0 bridgehead atoms. The van der Waals surface area contributed by atoms with Crippen molar-refractivity contribution in [2.75, 3.05) is 0 Å². The van der Waals surface area contributed by atoms with Crippen LogP contribution < -0.4 is 0 Å². The number of benzene rings is 1. The van der Waals surface area contributed by atoms with Crippen LogP contribution in [0.3, 0.4) is 0 Å². The van der Waals surface area contributed by atoms with Crippen LogP contribution in [0.15, 0.2) is 30.5 Å². The Morgan fingerprint density at radius 3 is 2.72 bits per heavy atom. The van der Waals surface area contributed by atoms with Crippen LogP contribution in [0.25, 0.3) is 10.9 Å². The highest BCUT2D eigenvalue weighted by Crippen LogP contribution is 2.17. The Balaban J connectivity index is 2.15. The standard InChI is InChI=1S/C13H12FNO3/c14-10-4-5-11-9(8-10)6-7-15(11)12(16)2-1-3-13(17)18/h4-8H,1-3H2,(H,17,18). The van der Waals surface area contributed by atoms with Gasteiger partial charge in [-0.3, -0.25) is 14.2 Å². The van der Waals surface area contributed by atoms with Gasteiger partial charge in [-0.25, -0.2) is 4.39 Å². The summed E-state index contributed by atoms with van der Waals surface area (Å²) < 4.78 is 14.4. The van der Waals surface area contributed by atoms with Gasteiger partial charge in [-0.15, -0.1) is 0 Å². The summed E-state index contributed by atoms with van der Waals surface area (Å²) in [5.74, 6) is -1.45. The summed E-state index contributed by atoms with van der Waals surface area (Å²) in [6.07, 6.45) is 2.01. The normalized spacial score (nSPS) is 10.7. The molecule has 4 nitrogen and oxygen atoms in total. The first-order chi connectivity index (χ1) is 8.58. The summed E-state index contributed by atoms with van der Waals surface area (Å²) in [6.45, 7) is 0. The third-order valence-electron chi connectivity index (χ3n) is 2.70. The summed E-state index contributed by atoms with van der Waals surface area (Å²) >= 11 is 0. The van der Waals surface area contributed by atoms with Crippen molar-refractivity contribution in [3.05, 3.63) is 36.3 Å². The zero-order valence-electron chi connectivity index (χ0n) is 9.60. The van der Waals surface area contributed by atoms with E-state index in [1.54, 1.807) is 18.3 Å². The van der Waals surface area contributed by atoms with Crippen molar-refractivity contribution in [2.45, 2.75) is 19.3 Å². The second-order valence-electron chi connectivity index (χ2n) is 4.03. The summed E-state index contributed by atoms with van der Waals surface area (Å²) in [7, 11) is 0. The van der Waals surface area contributed by atoms with Gasteiger partial charge in [-0.05, 0) is 30.7 Å². The van der Waals surface area contributed by atoms with E-state index in [0.29, 0.717) is 17.3 Å². The van der Waals surface area contributed by atoms with E-state index in [9.17, 15) is 14.0 Å². The molecule has 0 radical (unpaired) electrons. The number of aromatic nitrogens is 1. The molecule has 1 N–H and O–H groups in total. The van der Waals surface area contributed by atoms with Gasteiger partial charge in [0, 0.05) is 24.4 Å². The van der Waals surface area contributed by atoms with Gasteiger partial charge in [0.25, 0.3) is 0 Å². The number of aliphatic carboxylic acids is 1. The van der Waals surface area contributed by atoms with Crippen LogP contribution in [0, 0.1) is 5.82 Å². The summed E-state index contributed by atoms with van der Waals surface area (Å²) in [6, 6.07) is 5.85. The molecule has 2 rings (SSSR count). The van der Waals surface area contributed by atoms with E-state index in [-0.39, 0.29) is 24.6 Å². The Kier molecular flexibility index (Phi) is 3.41. The summed E-state index contributed by atoms with van der Waals surface area (Å²) in [5, 5.41) is 9.15. The Bertz CT molecular complexity index is 603. The largest absolute Gasteiger partial charge is 0.481 e. The van der Waals surface area contributed by atoms with Crippen LogP contribution in [0.2, 0.25) is 0 Å². The molecule has 0 fully saturated rings. The average molecular weight is 249 g/mol. The van der Waals surface area contributed by atoms with Crippen molar-refractivity contribution in [2.24, 2.45) is 0 Å². The fourth-order valence-corrected chi connectivity index (χ4v) is 1.84. The Hall–Kier alpha value is -2.17. The lowest BCUT2D eigenvalue weighted by atomic mass is 10.2. The van der Waals surface area contributed by atoms with Crippen molar-refractivity contribution in [3.8, 4) is 0 Å². The molecule has 2 aromatic rings. The zero-order valence-corrected chi connectivity index (χ0v) is 9.60. The number of rotatable bonds is 4. The molecule has 0 amide bonds. The number of fused-ring (bicyclic) bond motifs is 1.